The Balaban J connectivity index is 2.42. The lowest BCUT2D eigenvalue weighted by molar-refractivity contribution is -0.0284. The van der Waals surface area contributed by atoms with Crippen LogP contribution in [0.2, 0.25) is 0 Å². The van der Waals surface area contributed by atoms with Crippen LogP contribution >= 0.6 is 0 Å². The number of nitrogen functional groups attached to an aromatic ring is 1. The third-order valence-corrected chi connectivity index (χ3v) is 3.99. The first-order valence-corrected chi connectivity index (χ1v) is 6.16. The average molecular weight is 246 g/mol. The Hall–Kier alpha value is -1.18. The molecule has 5 nitrogen and oxygen atoms in total. The van der Waals surface area contributed by atoms with Crippen molar-refractivity contribution in [1.29, 1.82) is 0 Å². The van der Waals surface area contributed by atoms with Gasteiger partial charge in [-0.3, -0.25) is 4.84 Å². The van der Waals surface area contributed by atoms with E-state index in [1.807, 2.05) is 0 Å². The molecule has 0 saturated carbocycles. The van der Waals surface area contributed by atoms with Crippen molar-refractivity contribution >= 4 is 15.7 Å². The van der Waals surface area contributed by atoms with Gasteiger partial charge in [0.15, 0.2) is 0 Å². The first-order valence-electron chi connectivity index (χ1n) is 4.72. The molecule has 16 heavy (non-hydrogen) atoms. The van der Waals surface area contributed by atoms with Crippen LogP contribution in [0.5, 0.6) is 0 Å². The minimum absolute atomic E-state index is 0.115. The van der Waals surface area contributed by atoms with Gasteiger partial charge >= 0.3 is 0 Å². The zero-order valence-electron chi connectivity index (χ0n) is 8.39. The second-order valence-electron chi connectivity index (χ2n) is 3.40. The number of sulfonamides is 1. The molecule has 0 spiro atoms. The van der Waals surface area contributed by atoms with E-state index >= 15 is 0 Å². The van der Waals surface area contributed by atoms with E-state index in [4.69, 9.17) is 10.6 Å². The van der Waals surface area contributed by atoms with E-state index in [9.17, 15) is 12.8 Å². The monoisotopic (exact) mass is 246 g/mol. The van der Waals surface area contributed by atoms with Gasteiger partial charge in [-0.2, -0.15) is 0 Å². The van der Waals surface area contributed by atoms with Crippen molar-refractivity contribution in [3.63, 3.8) is 0 Å². The Kier molecular flexibility index (Phi) is 2.83. The summed E-state index contributed by atoms with van der Waals surface area (Å²) >= 11 is 0. The highest BCUT2D eigenvalue weighted by molar-refractivity contribution is 7.89. The zero-order valence-corrected chi connectivity index (χ0v) is 9.21. The Bertz CT molecular complexity index is 497. The zero-order chi connectivity index (χ0) is 11.8. The van der Waals surface area contributed by atoms with Gasteiger partial charge in [0.2, 0.25) is 0 Å². The highest BCUT2D eigenvalue weighted by Crippen LogP contribution is 2.25. The normalized spacial score (nSPS) is 17.8. The molecular formula is C9H11FN2O3S. The molecule has 0 amide bonds. The van der Waals surface area contributed by atoms with E-state index in [0.717, 1.165) is 22.7 Å². The molecule has 0 unspecified atom stereocenters. The van der Waals surface area contributed by atoms with Gasteiger partial charge in [-0.15, -0.1) is 0 Å². The summed E-state index contributed by atoms with van der Waals surface area (Å²) < 4.78 is 37.6. The topological polar surface area (TPSA) is 72.6 Å². The number of rotatable bonds is 2. The summed E-state index contributed by atoms with van der Waals surface area (Å²) in [6.45, 7) is 0.652. The molecule has 0 radical (unpaired) electrons. The summed E-state index contributed by atoms with van der Waals surface area (Å²) in [7, 11) is -3.77. The fourth-order valence-electron chi connectivity index (χ4n) is 1.48. The van der Waals surface area contributed by atoms with Crippen molar-refractivity contribution in [2.75, 3.05) is 18.9 Å². The van der Waals surface area contributed by atoms with E-state index < -0.39 is 15.8 Å². The lowest BCUT2D eigenvalue weighted by atomic mass is 10.3. The predicted octanol–water partition coefficient (Wildman–Crippen LogP) is 0.734. The van der Waals surface area contributed by atoms with Crippen molar-refractivity contribution in [2.24, 2.45) is 0 Å². The molecule has 1 fully saturated rings. The van der Waals surface area contributed by atoms with E-state index in [1.54, 1.807) is 0 Å². The van der Waals surface area contributed by atoms with Gasteiger partial charge < -0.3 is 5.73 Å². The molecule has 0 atom stereocenters. The molecule has 2 N–H and O–H groups in total. The Labute approximate surface area is 92.6 Å². The van der Waals surface area contributed by atoms with Crippen LogP contribution in [0.3, 0.4) is 0 Å². The SMILES string of the molecule is Nc1cc(F)ccc1S(=O)(=O)N1CCCO1. The molecular weight excluding hydrogens is 235 g/mol. The van der Waals surface area contributed by atoms with Crippen molar-refractivity contribution in [1.82, 2.24) is 4.47 Å². The Morgan fingerprint density at radius 1 is 1.44 bits per heavy atom. The quantitative estimate of drug-likeness (QED) is 0.781. The molecule has 1 aromatic rings. The van der Waals surface area contributed by atoms with Crippen LogP contribution in [-0.2, 0) is 14.9 Å². The molecule has 88 valence electrons. The van der Waals surface area contributed by atoms with Gasteiger partial charge in [0.1, 0.15) is 10.7 Å². The summed E-state index contributed by atoms with van der Waals surface area (Å²) in [6, 6.07) is 3.17. The molecule has 0 aromatic heterocycles. The fourth-order valence-corrected chi connectivity index (χ4v) is 2.88. The lowest BCUT2D eigenvalue weighted by Crippen LogP contribution is -2.27. The van der Waals surface area contributed by atoms with Crippen LogP contribution in [0.15, 0.2) is 23.1 Å². The number of halogens is 1. The van der Waals surface area contributed by atoms with Crippen LogP contribution < -0.4 is 5.73 Å². The van der Waals surface area contributed by atoms with Crippen LogP contribution in [0.1, 0.15) is 6.42 Å². The molecule has 0 aliphatic carbocycles. The van der Waals surface area contributed by atoms with Crippen LogP contribution in [-0.4, -0.2) is 26.0 Å². The maximum Gasteiger partial charge on any atom is 0.267 e. The molecule has 1 aliphatic heterocycles. The minimum atomic E-state index is -3.77. The maximum absolute atomic E-state index is 12.8. The molecule has 7 heteroatoms. The van der Waals surface area contributed by atoms with Gasteiger partial charge in [0.25, 0.3) is 10.0 Å². The number of hydroxylamine groups is 1. The van der Waals surface area contributed by atoms with E-state index in [1.165, 1.54) is 0 Å². The van der Waals surface area contributed by atoms with Crippen LogP contribution in [0, 0.1) is 5.82 Å². The average Bonchev–Trinajstić information content (AvgIpc) is 2.69. The third kappa shape index (κ3) is 1.89. The van der Waals surface area contributed by atoms with Crippen molar-refractivity contribution in [3.05, 3.63) is 24.0 Å². The standard InChI is InChI=1S/C9H11FN2O3S/c10-7-2-3-9(8(11)6-7)16(13,14)12-4-1-5-15-12/h2-3,6H,1,4-5,11H2. The third-order valence-electron chi connectivity index (χ3n) is 2.24. The number of nitrogens with two attached hydrogens (primary N) is 1. The van der Waals surface area contributed by atoms with E-state index in [2.05, 4.69) is 0 Å². The maximum atomic E-state index is 12.8. The van der Waals surface area contributed by atoms with Gasteiger partial charge in [0, 0.05) is 6.54 Å². The number of hydrogen-bond donors (Lipinski definition) is 1. The molecule has 2 rings (SSSR count). The minimum Gasteiger partial charge on any atom is -0.398 e. The highest BCUT2D eigenvalue weighted by atomic mass is 32.2. The highest BCUT2D eigenvalue weighted by Gasteiger charge is 2.30. The first-order chi connectivity index (χ1) is 7.51. The van der Waals surface area contributed by atoms with Gasteiger partial charge in [-0.1, -0.05) is 4.47 Å². The molecule has 1 aromatic carbocycles. The Morgan fingerprint density at radius 2 is 2.19 bits per heavy atom. The molecule has 0 bridgehead atoms. The van der Waals surface area contributed by atoms with Crippen LogP contribution in [0.25, 0.3) is 0 Å². The smallest absolute Gasteiger partial charge is 0.267 e. The summed E-state index contributed by atoms with van der Waals surface area (Å²) in [5.41, 5.74) is 5.36. The number of hydrogen-bond acceptors (Lipinski definition) is 4. The van der Waals surface area contributed by atoms with E-state index in [-0.39, 0.29) is 10.6 Å². The summed E-state index contributed by atoms with van der Waals surface area (Å²) in [5, 5.41) is 0. The lowest BCUT2D eigenvalue weighted by Gasteiger charge is -2.15. The second kappa shape index (κ2) is 4.00. The van der Waals surface area contributed by atoms with E-state index in [0.29, 0.717) is 19.6 Å². The number of anilines is 1. The van der Waals surface area contributed by atoms with Crippen LogP contribution in [0.4, 0.5) is 10.1 Å². The van der Waals surface area contributed by atoms with Crippen molar-refractivity contribution in [2.45, 2.75) is 11.3 Å². The summed E-state index contributed by atoms with van der Waals surface area (Å²) in [5.74, 6) is -0.571. The summed E-state index contributed by atoms with van der Waals surface area (Å²) in [4.78, 5) is 4.82. The Morgan fingerprint density at radius 3 is 2.75 bits per heavy atom. The largest absolute Gasteiger partial charge is 0.398 e. The molecule has 1 aliphatic rings. The van der Waals surface area contributed by atoms with Gasteiger partial charge in [-0.05, 0) is 24.6 Å². The summed E-state index contributed by atoms with van der Waals surface area (Å²) in [6.07, 6.45) is 0.639. The van der Waals surface area contributed by atoms with Gasteiger partial charge in [0.05, 0.1) is 12.3 Å². The number of nitrogens with zero attached hydrogens (tertiary/aromatic N) is 1. The molecule has 1 saturated heterocycles. The van der Waals surface area contributed by atoms with Crippen molar-refractivity contribution < 1.29 is 17.6 Å². The van der Waals surface area contributed by atoms with Crippen molar-refractivity contribution in [3.8, 4) is 0 Å². The molecule has 1 heterocycles. The predicted molar refractivity (Wildman–Crippen MR) is 55.3 cm³/mol. The van der Waals surface area contributed by atoms with Gasteiger partial charge in [-0.25, -0.2) is 12.8 Å². The number of benzene rings is 1. The second-order valence-corrected chi connectivity index (χ2v) is 5.20. The first kappa shape index (κ1) is 11.3. The fraction of sp³-hybridized carbons (Fsp3) is 0.333.